The zero-order valence-corrected chi connectivity index (χ0v) is 19.5. The summed E-state index contributed by atoms with van der Waals surface area (Å²) in [5.74, 6) is -0.851. The molecule has 3 aromatic carbocycles. The Kier molecular flexibility index (Phi) is 7.76. The normalized spacial score (nSPS) is 11.9. The summed E-state index contributed by atoms with van der Waals surface area (Å²) >= 11 is 0. The van der Waals surface area contributed by atoms with Crippen molar-refractivity contribution >= 4 is 22.7 Å². The quantitative estimate of drug-likeness (QED) is 0.298. The van der Waals surface area contributed by atoms with E-state index < -0.39 is 12.0 Å². The van der Waals surface area contributed by atoms with Crippen LogP contribution in [0.2, 0.25) is 0 Å². The molecule has 3 N–H and O–H groups in total. The van der Waals surface area contributed by atoms with Gasteiger partial charge in [0, 0.05) is 30.1 Å². The molecule has 0 aliphatic heterocycles. The van der Waals surface area contributed by atoms with Crippen LogP contribution < -0.4 is 10.6 Å². The van der Waals surface area contributed by atoms with Gasteiger partial charge in [0.1, 0.15) is 6.04 Å². The molecule has 1 aromatic heterocycles. The summed E-state index contributed by atoms with van der Waals surface area (Å²) in [6, 6.07) is 26.7. The van der Waals surface area contributed by atoms with Crippen molar-refractivity contribution in [1.29, 1.82) is 0 Å². The molecule has 0 aliphatic carbocycles. The fourth-order valence-electron chi connectivity index (χ4n) is 4.28. The van der Waals surface area contributed by atoms with Gasteiger partial charge in [-0.3, -0.25) is 9.59 Å². The first-order valence-corrected chi connectivity index (χ1v) is 11.9. The minimum Gasteiger partial charge on any atom is -0.361 e. The highest BCUT2D eigenvalue weighted by Crippen LogP contribution is 2.25. The van der Waals surface area contributed by atoms with E-state index in [1.165, 1.54) is 0 Å². The summed E-state index contributed by atoms with van der Waals surface area (Å²) < 4.78 is 0. The number of fused-ring (bicyclic) bond motifs is 1. The molecule has 0 fully saturated rings. The topological polar surface area (TPSA) is 74.0 Å². The van der Waals surface area contributed by atoms with Crippen molar-refractivity contribution < 1.29 is 9.59 Å². The average Bonchev–Trinajstić information content (AvgIpc) is 3.28. The second-order valence-corrected chi connectivity index (χ2v) is 8.52. The van der Waals surface area contributed by atoms with Crippen molar-refractivity contribution in [2.24, 2.45) is 0 Å². The molecule has 5 nitrogen and oxygen atoms in total. The molecule has 0 radical (unpaired) electrons. The van der Waals surface area contributed by atoms with Crippen LogP contribution in [-0.2, 0) is 16.0 Å². The molecular formula is C29H31N3O2. The monoisotopic (exact) mass is 453 g/mol. The number of aromatic amines is 1. The second kappa shape index (κ2) is 11.3. The Bertz CT molecular complexity index is 1180. The first-order valence-electron chi connectivity index (χ1n) is 11.9. The Morgan fingerprint density at radius 2 is 1.44 bits per heavy atom. The highest BCUT2D eigenvalue weighted by atomic mass is 16.2. The smallest absolute Gasteiger partial charge is 0.242 e. The highest BCUT2D eigenvalue weighted by molar-refractivity contribution is 5.93. The lowest BCUT2D eigenvalue weighted by atomic mass is 9.90. The summed E-state index contributed by atoms with van der Waals surface area (Å²) in [4.78, 5) is 30.1. The van der Waals surface area contributed by atoms with Gasteiger partial charge in [0.15, 0.2) is 0 Å². The number of amides is 2. The van der Waals surface area contributed by atoms with Gasteiger partial charge in [-0.1, -0.05) is 92.2 Å². The second-order valence-electron chi connectivity index (χ2n) is 8.52. The van der Waals surface area contributed by atoms with E-state index in [4.69, 9.17) is 0 Å². The summed E-state index contributed by atoms with van der Waals surface area (Å²) in [6.07, 6.45) is 4.22. The minimum atomic E-state index is -0.682. The average molecular weight is 454 g/mol. The van der Waals surface area contributed by atoms with Crippen LogP contribution in [0.25, 0.3) is 10.9 Å². The van der Waals surface area contributed by atoms with E-state index in [0.717, 1.165) is 40.4 Å². The molecule has 4 aromatic rings. The van der Waals surface area contributed by atoms with Gasteiger partial charge in [0.05, 0.1) is 5.92 Å². The third-order valence-corrected chi connectivity index (χ3v) is 6.09. The van der Waals surface area contributed by atoms with Crippen molar-refractivity contribution in [2.45, 2.75) is 38.1 Å². The van der Waals surface area contributed by atoms with Crippen molar-refractivity contribution in [3.05, 3.63) is 108 Å². The third kappa shape index (κ3) is 5.54. The Labute approximate surface area is 200 Å². The molecular weight excluding hydrogens is 422 g/mol. The van der Waals surface area contributed by atoms with Gasteiger partial charge in [-0.05, 0) is 29.2 Å². The van der Waals surface area contributed by atoms with Gasteiger partial charge in [0.25, 0.3) is 0 Å². The predicted molar refractivity (Wildman–Crippen MR) is 137 cm³/mol. The lowest BCUT2D eigenvalue weighted by Crippen LogP contribution is -2.49. The van der Waals surface area contributed by atoms with Crippen molar-refractivity contribution in [2.75, 3.05) is 6.54 Å². The largest absolute Gasteiger partial charge is 0.361 e. The van der Waals surface area contributed by atoms with Gasteiger partial charge < -0.3 is 15.6 Å². The van der Waals surface area contributed by atoms with Crippen LogP contribution in [-0.4, -0.2) is 29.4 Å². The lowest BCUT2D eigenvalue weighted by molar-refractivity contribution is -0.129. The lowest BCUT2D eigenvalue weighted by Gasteiger charge is -2.23. The first-order chi connectivity index (χ1) is 16.7. The van der Waals surface area contributed by atoms with Gasteiger partial charge in [-0.15, -0.1) is 0 Å². The number of hydrogen-bond acceptors (Lipinski definition) is 2. The maximum Gasteiger partial charge on any atom is 0.242 e. The van der Waals surface area contributed by atoms with Crippen molar-refractivity contribution in [3.8, 4) is 0 Å². The number of benzene rings is 3. The summed E-state index contributed by atoms with van der Waals surface area (Å²) in [7, 11) is 0. The molecule has 0 aliphatic rings. The molecule has 34 heavy (non-hydrogen) atoms. The molecule has 0 saturated heterocycles. The van der Waals surface area contributed by atoms with Gasteiger partial charge in [-0.25, -0.2) is 0 Å². The maximum atomic E-state index is 13.7. The van der Waals surface area contributed by atoms with E-state index >= 15 is 0 Å². The standard InChI is InChI=1S/C29H31N3O2/c1-2-3-18-30-28(33)26(19-23-20-31-25-17-11-10-16-24(23)25)32-29(34)27(21-12-6-4-7-13-21)22-14-8-5-9-15-22/h4-17,20,26-27,31H,2-3,18-19H2,1H3,(H,30,33)(H,32,34). The summed E-state index contributed by atoms with van der Waals surface area (Å²) in [5, 5.41) is 7.14. The number of hydrogen-bond donors (Lipinski definition) is 3. The molecule has 0 spiro atoms. The zero-order valence-electron chi connectivity index (χ0n) is 19.5. The molecule has 4 rings (SSSR count). The number of unbranched alkanes of at least 4 members (excludes halogenated alkanes) is 1. The molecule has 5 heteroatoms. The number of aromatic nitrogens is 1. The van der Waals surface area contributed by atoms with E-state index in [2.05, 4.69) is 22.5 Å². The van der Waals surface area contributed by atoms with E-state index in [1.807, 2.05) is 91.1 Å². The van der Waals surface area contributed by atoms with Crippen LogP contribution in [0.3, 0.4) is 0 Å². The van der Waals surface area contributed by atoms with E-state index in [-0.39, 0.29) is 11.8 Å². The van der Waals surface area contributed by atoms with Crippen LogP contribution in [0.4, 0.5) is 0 Å². The van der Waals surface area contributed by atoms with Crippen LogP contribution >= 0.6 is 0 Å². The maximum absolute atomic E-state index is 13.7. The fourth-order valence-corrected chi connectivity index (χ4v) is 4.28. The number of carbonyl (C=O) groups excluding carboxylic acids is 2. The van der Waals surface area contributed by atoms with Crippen LogP contribution in [0, 0.1) is 0 Å². The molecule has 2 amide bonds. The number of para-hydroxylation sites is 1. The molecule has 0 bridgehead atoms. The van der Waals surface area contributed by atoms with Crippen LogP contribution in [0.5, 0.6) is 0 Å². The van der Waals surface area contributed by atoms with Crippen LogP contribution in [0.1, 0.15) is 42.4 Å². The SMILES string of the molecule is CCCCNC(=O)C(Cc1c[nH]c2ccccc12)NC(=O)C(c1ccccc1)c1ccccc1. The number of nitrogens with one attached hydrogen (secondary N) is 3. The number of H-pyrrole nitrogens is 1. The highest BCUT2D eigenvalue weighted by Gasteiger charge is 2.28. The van der Waals surface area contributed by atoms with E-state index in [1.54, 1.807) is 0 Å². The molecule has 1 heterocycles. The Hall–Kier alpha value is -3.86. The van der Waals surface area contributed by atoms with Gasteiger partial charge >= 0.3 is 0 Å². The zero-order chi connectivity index (χ0) is 23.8. The molecule has 1 atom stereocenters. The van der Waals surface area contributed by atoms with Crippen LogP contribution in [0.15, 0.2) is 91.1 Å². The first kappa shape index (κ1) is 23.3. The number of carbonyl (C=O) groups is 2. The Morgan fingerprint density at radius 1 is 0.824 bits per heavy atom. The van der Waals surface area contributed by atoms with E-state index in [9.17, 15) is 9.59 Å². The fraction of sp³-hybridized carbons (Fsp3) is 0.241. The predicted octanol–water partition coefficient (Wildman–Crippen LogP) is 4.94. The Morgan fingerprint density at radius 3 is 2.09 bits per heavy atom. The van der Waals surface area contributed by atoms with Gasteiger partial charge in [-0.2, -0.15) is 0 Å². The minimum absolute atomic E-state index is 0.160. The molecule has 174 valence electrons. The third-order valence-electron chi connectivity index (χ3n) is 6.09. The Balaban J connectivity index is 1.62. The van der Waals surface area contributed by atoms with Gasteiger partial charge in [0.2, 0.25) is 11.8 Å². The van der Waals surface area contributed by atoms with Crippen molar-refractivity contribution in [3.63, 3.8) is 0 Å². The molecule has 1 unspecified atom stereocenters. The summed E-state index contributed by atoms with van der Waals surface area (Å²) in [5.41, 5.74) is 3.80. The summed E-state index contributed by atoms with van der Waals surface area (Å²) in [6.45, 7) is 2.68. The molecule has 0 saturated carbocycles. The number of rotatable bonds is 10. The van der Waals surface area contributed by atoms with E-state index in [0.29, 0.717) is 13.0 Å². The van der Waals surface area contributed by atoms with Crippen molar-refractivity contribution in [1.82, 2.24) is 15.6 Å².